The molecule has 0 fully saturated rings. The van der Waals surface area contributed by atoms with Crippen LogP contribution in [0.3, 0.4) is 0 Å². The minimum atomic E-state index is -1.54. The molecule has 1 nitrogen and oxygen atoms in total. The maximum Gasteiger partial charge on any atom is 0.154 e. The van der Waals surface area contributed by atoms with Crippen molar-refractivity contribution >= 4 is 19.0 Å². The van der Waals surface area contributed by atoms with E-state index in [1.54, 1.807) is 0 Å². The highest BCUT2D eigenvalue weighted by atomic mass is 28.3. The summed E-state index contributed by atoms with van der Waals surface area (Å²) in [5.41, 5.74) is 3.49. The first-order valence-corrected chi connectivity index (χ1v) is 11.1. The molecule has 0 unspecified atom stereocenters. The van der Waals surface area contributed by atoms with Crippen LogP contribution in [-0.2, 0) is 0 Å². The molecule has 0 atom stereocenters. The van der Waals surface area contributed by atoms with Gasteiger partial charge in [0.1, 0.15) is 0 Å². The van der Waals surface area contributed by atoms with E-state index in [1.165, 1.54) is 16.3 Å². The Morgan fingerprint density at radius 1 is 0.864 bits per heavy atom. The molecule has 0 amide bonds. The van der Waals surface area contributed by atoms with E-state index in [1.807, 2.05) is 6.07 Å². The predicted molar refractivity (Wildman–Crippen MR) is 101 cm³/mol. The molecule has 0 N–H and O–H groups in total. The molecule has 0 saturated heterocycles. The molecular formula is C20H27NSi. The SMILES string of the molecule is C=C(c1ccccc1)c1ccc([Si](C)(C)N(CC)CC)cc1. The minimum absolute atomic E-state index is 1.09. The van der Waals surface area contributed by atoms with Crippen molar-refractivity contribution in [1.82, 2.24) is 4.57 Å². The Balaban J connectivity index is 2.26. The molecular weight excluding hydrogens is 282 g/mol. The van der Waals surface area contributed by atoms with Crippen LogP contribution in [-0.4, -0.2) is 25.9 Å². The lowest BCUT2D eigenvalue weighted by atomic mass is 10.00. The zero-order valence-electron chi connectivity index (χ0n) is 14.3. The largest absolute Gasteiger partial charge is 0.321 e. The third kappa shape index (κ3) is 3.40. The second kappa shape index (κ2) is 7.08. The van der Waals surface area contributed by atoms with Crippen LogP contribution in [0.25, 0.3) is 5.57 Å². The van der Waals surface area contributed by atoms with Crippen molar-refractivity contribution < 1.29 is 0 Å². The van der Waals surface area contributed by atoms with E-state index >= 15 is 0 Å². The van der Waals surface area contributed by atoms with Crippen LogP contribution in [0.5, 0.6) is 0 Å². The van der Waals surface area contributed by atoms with E-state index in [0.29, 0.717) is 0 Å². The molecule has 0 spiro atoms. The molecule has 22 heavy (non-hydrogen) atoms. The van der Waals surface area contributed by atoms with E-state index in [0.717, 1.165) is 18.7 Å². The van der Waals surface area contributed by atoms with Gasteiger partial charge in [0.2, 0.25) is 0 Å². The van der Waals surface area contributed by atoms with Crippen molar-refractivity contribution in [2.24, 2.45) is 0 Å². The molecule has 0 aliphatic carbocycles. The van der Waals surface area contributed by atoms with Gasteiger partial charge in [0.05, 0.1) is 0 Å². The highest BCUT2D eigenvalue weighted by Crippen LogP contribution is 2.21. The summed E-state index contributed by atoms with van der Waals surface area (Å²) in [7, 11) is -1.54. The average Bonchev–Trinajstić information content (AvgIpc) is 2.56. The minimum Gasteiger partial charge on any atom is -0.321 e. The van der Waals surface area contributed by atoms with Crippen molar-refractivity contribution in [2.45, 2.75) is 26.9 Å². The molecule has 2 aromatic carbocycles. The number of benzene rings is 2. The predicted octanol–water partition coefficient (Wildman–Crippen LogP) is 4.50. The van der Waals surface area contributed by atoms with Crippen LogP contribution in [0, 0.1) is 0 Å². The first-order valence-electron chi connectivity index (χ1n) is 8.11. The lowest BCUT2D eigenvalue weighted by molar-refractivity contribution is 0.474. The summed E-state index contributed by atoms with van der Waals surface area (Å²) in [6.45, 7) is 15.9. The fourth-order valence-corrected chi connectivity index (χ4v) is 6.01. The van der Waals surface area contributed by atoms with Gasteiger partial charge < -0.3 is 4.57 Å². The Bertz CT molecular complexity index is 610. The fourth-order valence-electron chi connectivity index (χ4n) is 3.08. The topological polar surface area (TPSA) is 3.24 Å². The van der Waals surface area contributed by atoms with Crippen molar-refractivity contribution in [3.05, 3.63) is 72.3 Å². The summed E-state index contributed by atoms with van der Waals surface area (Å²) in [6, 6.07) is 19.4. The molecule has 0 aliphatic rings. The quantitative estimate of drug-likeness (QED) is 0.710. The first-order chi connectivity index (χ1) is 10.5. The molecule has 116 valence electrons. The summed E-state index contributed by atoms with van der Waals surface area (Å²) in [5.74, 6) is 0. The third-order valence-corrected chi connectivity index (χ3v) is 8.58. The lowest BCUT2D eigenvalue weighted by Crippen LogP contribution is -2.57. The number of hydrogen-bond acceptors (Lipinski definition) is 1. The van der Waals surface area contributed by atoms with E-state index < -0.39 is 8.24 Å². The standard InChI is InChI=1S/C20H27NSi/c1-6-21(7-2)22(4,5)20-15-13-19(14-16-20)17(3)18-11-9-8-10-12-18/h8-16H,3,6-7H2,1-2,4-5H3. The summed E-state index contributed by atoms with van der Waals surface area (Å²) < 4.78 is 2.62. The molecule has 2 aromatic rings. The molecule has 0 saturated carbocycles. The molecule has 0 bridgehead atoms. The fraction of sp³-hybridized carbons (Fsp3) is 0.300. The third-order valence-electron chi connectivity index (χ3n) is 4.62. The summed E-state index contributed by atoms with van der Waals surface area (Å²) in [4.78, 5) is 0. The molecule has 0 radical (unpaired) electrons. The van der Waals surface area contributed by atoms with Crippen molar-refractivity contribution in [1.29, 1.82) is 0 Å². The molecule has 0 aromatic heterocycles. The summed E-state index contributed by atoms with van der Waals surface area (Å²) in [5, 5.41) is 1.49. The smallest absolute Gasteiger partial charge is 0.154 e. The Hall–Kier alpha value is -1.64. The maximum absolute atomic E-state index is 4.26. The molecule has 0 heterocycles. The molecule has 0 aliphatic heterocycles. The Morgan fingerprint density at radius 3 is 1.86 bits per heavy atom. The second-order valence-electron chi connectivity index (χ2n) is 6.15. The van der Waals surface area contributed by atoms with Gasteiger partial charge in [-0.3, -0.25) is 0 Å². The molecule has 2 rings (SSSR count). The number of rotatable bonds is 6. The Morgan fingerprint density at radius 2 is 1.36 bits per heavy atom. The molecule has 2 heteroatoms. The number of hydrogen-bond donors (Lipinski definition) is 0. The van der Waals surface area contributed by atoms with Crippen molar-refractivity contribution in [3.8, 4) is 0 Å². The highest BCUT2D eigenvalue weighted by Gasteiger charge is 2.29. The van der Waals surface area contributed by atoms with Crippen LogP contribution >= 0.6 is 0 Å². The van der Waals surface area contributed by atoms with Gasteiger partial charge in [-0.1, -0.05) is 88.1 Å². The Kier molecular flexibility index (Phi) is 5.38. The van der Waals surface area contributed by atoms with Crippen LogP contribution in [0.15, 0.2) is 61.2 Å². The zero-order valence-corrected chi connectivity index (χ0v) is 15.3. The van der Waals surface area contributed by atoms with Crippen LogP contribution in [0.4, 0.5) is 0 Å². The maximum atomic E-state index is 4.26. The van der Waals surface area contributed by atoms with E-state index in [2.05, 4.69) is 86.6 Å². The summed E-state index contributed by atoms with van der Waals surface area (Å²) >= 11 is 0. The van der Waals surface area contributed by atoms with Crippen molar-refractivity contribution in [2.75, 3.05) is 13.1 Å². The van der Waals surface area contributed by atoms with Crippen molar-refractivity contribution in [3.63, 3.8) is 0 Å². The van der Waals surface area contributed by atoms with Gasteiger partial charge in [-0.15, -0.1) is 0 Å². The van der Waals surface area contributed by atoms with Gasteiger partial charge in [0.25, 0.3) is 0 Å². The lowest BCUT2D eigenvalue weighted by Gasteiger charge is -2.35. The second-order valence-corrected chi connectivity index (χ2v) is 10.5. The zero-order chi connectivity index (χ0) is 16.2. The Labute approximate surface area is 136 Å². The normalized spacial score (nSPS) is 11.7. The van der Waals surface area contributed by atoms with Crippen LogP contribution in [0.2, 0.25) is 13.1 Å². The monoisotopic (exact) mass is 309 g/mol. The van der Waals surface area contributed by atoms with Gasteiger partial charge in [-0.2, -0.15) is 0 Å². The van der Waals surface area contributed by atoms with E-state index in [9.17, 15) is 0 Å². The van der Waals surface area contributed by atoms with E-state index in [-0.39, 0.29) is 0 Å². The average molecular weight is 310 g/mol. The van der Waals surface area contributed by atoms with Crippen LogP contribution < -0.4 is 5.19 Å². The number of nitrogens with zero attached hydrogens (tertiary/aromatic N) is 1. The van der Waals surface area contributed by atoms with Gasteiger partial charge in [0.15, 0.2) is 8.24 Å². The van der Waals surface area contributed by atoms with Gasteiger partial charge in [0, 0.05) is 0 Å². The van der Waals surface area contributed by atoms with E-state index in [4.69, 9.17) is 0 Å². The van der Waals surface area contributed by atoms with Crippen LogP contribution in [0.1, 0.15) is 25.0 Å². The summed E-state index contributed by atoms with van der Waals surface area (Å²) in [6.07, 6.45) is 0. The first kappa shape index (κ1) is 16.7. The highest BCUT2D eigenvalue weighted by molar-refractivity contribution is 6.87. The van der Waals surface area contributed by atoms with Gasteiger partial charge >= 0.3 is 0 Å². The van der Waals surface area contributed by atoms with Gasteiger partial charge in [-0.25, -0.2) is 0 Å². The van der Waals surface area contributed by atoms with Gasteiger partial charge in [-0.05, 0) is 35.0 Å².